The summed E-state index contributed by atoms with van der Waals surface area (Å²) in [5.41, 5.74) is 4.26. The third-order valence-corrected chi connectivity index (χ3v) is 6.51. The van der Waals surface area contributed by atoms with Crippen molar-refractivity contribution in [3.63, 3.8) is 0 Å². The number of aliphatic hydroxyl groups is 1. The van der Waals surface area contributed by atoms with Crippen molar-refractivity contribution < 1.29 is 14.7 Å². The van der Waals surface area contributed by atoms with Crippen LogP contribution in [0.5, 0.6) is 0 Å². The van der Waals surface area contributed by atoms with E-state index in [4.69, 9.17) is 4.98 Å². The predicted molar refractivity (Wildman–Crippen MR) is 134 cm³/mol. The minimum absolute atomic E-state index is 0.0829. The molecule has 35 heavy (non-hydrogen) atoms. The summed E-state index contributed by atoms with van der Waals surface area (Å²) >= 11 is 0. The second-order valence-electron chi connectivity index (χ2n) is 9.07. The van der Waals surface area contributed by atoms with E-state index in [0.29, 0.717) is 50.9 Å². The number of aryl methyl sites for hydroxylation is 2. The van der Waals surface area contributed by atoms with E-state index < -0.39 is 6.10 Å². The van der Waals surface area contributed by atoms with Crippen LogP contribution in [0.4, 0.5) is 0 Å². The molecule has 0 radical (unpaired) electrons. The van der Waals surface area contributed by atoms with Crippen molar-refractivity contribution in [2.45, 2.75) is 51.2 Å². The number of rotatable bonds is 8. The van der Waals surface area contributed by atoms with Gasteiger partial charge in [-0.2, -0.15) is 0 Å². The van der Waals surface area contributed by atoms with Gasteiger partial charge >= 0.3 is 0 Å². The van der Waals surface area contributed by atoms with Crippen molar-refractivity contribution >= 4 is 11.8 Å². The molecule has 3 heterocycles. The molecule has 0 saturated carbocycles. The molecule has 2 aromatic heterocycles. The van der Waals surface area contributed by atoms with Gasteiger partial charge in [0.15, 0.2) is 0 Å². The summed E-state index contributed by atoms with van der Waals surface area (Å²) in [5.74, 6) is -0.295. The number of carbonyl (C=O) groups is 2. The third-order valence-electron chi connectivity index (χ3n) is 6.51. The van der Waals surface area contributed by atoms with E-state index in [9.17, 15) is 14.7 Å². The SMILES string of the molecule is Cc1ccc(C(=O)NCc2cccnc2)c(C2CCN(C(=O)C(O)CCc3ccccc3)CC2)n1. The minimum atomic E-state index is -1.00. The standard InChI is InChI=1S/C28H32N4O3/c1-20-9-11-24(27(34)30-19-22-8-5-15-29-18-22)26(31-20)23-13-16-32(17-14-23)28(35)25(33)12-10-21-6-3-2-4-7-21/h2-9,11,15,18,23,25,33H,10,12-14,16-17,19H2,1H3,(H,30,34). The highest BCUT2D eigenvalue weighted by Gasteiger charge is 2.30. The van der Waals surface area contributed by atoms with E-state index in [-0.39, 0.29) is 17.7 Å². The number of nitrogens with zero attached hydrogens (tertiary/aromatic N) is 3. The molecular weight excluding hydrogens is 440 g/mol. The monoisotopic (exact) mass is 472 g/mol. The Balaban J connectivity index is 1.34. The van der Waals surface area contributed by atoms with E-state index in [1.54, 1.807) is 17.3 Å². The van der Waals surface area contributed by atoms with Crippen LogP contribution >= 0.6 is 0 Å². The van der Waals surface area contributed by atoms with Crippen LogP contribution in [-0.4, -0.2) is 51.0 Å². The topological polar surface area (TPSA) is 95.4 Å². The molecule has 7 nitrogen and oxygen atoms in total. The molecule has 182 valence electrons. The summed E-state index contributed by atoms with van der Waals surface area (Å²) in [7, 11) is 0. The molecule has 0 spiro atoms. The van der Waals surface area contributed by atoms with Crippen LogP contribution < -0.4 is 5.32 Å². The smallest absolute Gasteiger partial charge is 0.253 e. The number of likely N-dealkylation sites (tertiary alicyclic amines) is 1. The highest BCUT2D eigenvalue weighted by atomic mass is 16.3. The van der Waals surface area contributed by atoms with Crippen LogP contribution in [0.15, 0.2) is 67.0 Å². The van der Waals surface area contributed by atoms with Gasteiger partial charge in [-0.3, -0.25) is 19.6 Å². The first kappa shape index (κ1) is 24.5. The summed E-state index contributed by atoms with van der Waals surface area (Å²) in [5, 5.41) is 13.4. The molecule has 0 aliphatic carbocycles. The maximum atomic E-state index is 13.0. The van der Waals surface area contributed by atoms with Crippen LogP contribution in [0.2, 0.25) is 0 Å². The summed E-state index contributed by atoms with van der Waals surface area (Å²) in [4.78, 5) is 36.3. The fraction of sp³-hybridized carbons (Fsp3) is 0.357. The van der Waals surface area contributed by atoms with Crippen molar-refractivity contribution in [2.75, 3.05) is 13.1 Å². The van der Waals surface area contributed by atoms with Gasteiger partial charge in [-0.25, -0.2) is 0 Å². The first-order valence-electron chi connectivity index (χ1n) is 12.2. The number of benzene rings is 1. The zero-order valence-corrected chi connectivity index (χ0v) is 20.1. The fourth-order valence-corrected chi connectivity index (χ4v) is 4.52. The number of aromatic nitrogens is 2. The predicted octanol–water partition coefficient (Wildman–Crippen LogP) is 3.41. The van der Waals surface area contributed by atoms with E-state index in [2.05, 4.69) is 10.3 Å². The van der Waals surface area contributed by atoms with Gasteiger partial charge in [-0.05, 0) is 61.9 Å². The van der Waals surface area contributed by atoms with Crippen LogP contribution in [0.1, 0.15) is 58.1 Å². The third kappa shape index (κ3) is 6.51. The molecule has 1 fully saturated rings. The fourth-order valence-electron chi connectivity index (χ4n) is 4.52. The highest BCUT2D eigenvalue weighted by molar-refractivity contribution is 5.95. The van der Waals surface area contributed by atoms with Crippen LogP contribution in [0.3, 0.4) is 0 Å². The summed E-state index contributed by atoms with van der Waals surface area (Å²) < 4.78 is 0. The number of piperidine rings is 1. The van der Waals surface area contributed by atoms with Gasteiger partial charge in [0.05, 0.1) is 11.3 Å². The Morgan fingerprint density at radius 3 is 2.51 bits per heavy atom. The van der Waals surface area contributed by atoms with Crippen molar-refractivity contribution in [1.29, 1.82) is 0 Å². The minimum Gasteiger partial charge on any atom is -0.383 e. The second-order valence-corrected chi connectivity index (χ2v) is 9.07. The molecule has 3 aromatic rings. The van der Waals surface area contributed by atoms with E-state index >= 15 is 0 Å². The summed E-state index contributed by atoms with van der Waals surface area (Å²) in [6, 6.07) is 17.3. The average molecular weight is 473 g/mol. The number of hydrogen-bond acceptors (Lipinski definition) is 5. The van der Waals surface area contributed by atoms with Crippen molar-refractivity contribution in [1.82, 2.24) is 20.2 Å². The first-order valence-corrected chi connectivity index (χ1v) is 12.2. The van der Waals surface area contributed by atoms with Gasteiger partial charge in [-0.15, -0.1) is 0 Å². The van der Waals surface area contributed by atoms with E-state index in [0.717, 1.165) is 22.5 Å². The number of amides is 2. The van der Waals surface area contributed by atoms with Gasteiger partial charge in [-0.1, -0.05) is 36.4 Å². The van der Waals surface area contributed by atoms with Gasteiger partial charge < -0.3 is 15.3 Å². The van der Waals surface area contributed by atoms with Crippen LogP contribution in [-0.2, 0) is 17.8 Å². The average Bonchev–Trinajstić information content (AvgIpc) is 2.91. The Labute approximate surface area is 206 Å². The lowest BCUT2D eigenvalue weighted by Crippen LogP contribution is -2.44. The Kier molecular flexibility index (Phi) is 8.21. The Morgan fingerprint density at radius 2 is 1.80 bits per heavy atom. The van der Waals surface area contributed by atoms with E-state index in [1.165, 1.54) is 0 Å². The molecule has 4 rings (SSSR count). The largest absolute Gasteiger partial charge is 0.383 e. The number of pyridine rings is 2. The molecule has 1 unspecified atom stereocenters. The molecule has 0 bridgehead atoms. The number of aliphatic hydroxyl groups excluding tert-OH is 1. The molecule has 7 heteroatoms. The van der Waals surface area contributed by atoms with Gasteiger partial charge in [0.1, 0.15) is 6.10 Å². The molecule has 1 atom stereocenters. The Bertz CT molecular complexity index is 1130. The molecule has 1 aliphatic rings. The zero-order chi connectivity index (χ0) is 24.6. The van der Waals surface area contributed by atoms with Crippen molar-refractivity contribution in [3.05, 3.63) is 95.1 Å². The van der Waals surface area contributed by atoms with Crippen LogP contribution in [0, 0.1) is 6.92 Å². The molecule has 1 saturated heterocycles. The molecule has 1 aromatic carbocycles. The van der Waals surface area contributed by atoms with Gasteiger partial charge in [0, 0.05) is 43.6 Å². The van der Waals surface area contributed by atoms with Crippen molar-refractivity contribution in [3.8, 4) is 0 Å². The van der Waals surface area contributed by atoms with Crippen molar-refractivity contribution in [2.24, 2.45) is 0 Å². The molecular formula is C28H32N4O3. The lowest BCUT2D eigenvalue weighted by atomic mass is 9.89. The number of carbonyl (C=O) groups excluding carboxylic acids is 2. The Hall–Kier alpha value is -3.58. The maximum Gasteiger partial charge on any atom is 0.253 e. The quantitative estimate of drug-likeness (QED) is 0.524. The van der Waals surface area contributed by atoms with Gasteiger partial charge in [0.25, 0.3) is 11.8 Å². The first-order chi connectivity index (χ1) is 17.0. The normalized spacial score (nSPS) is 15.0. The molecule has 1 aliphatic heterocycles. The summed E-state index contributed by atoms with van der Waals surface area (Å²) in [6.07, 6.45) is 4.91. The van der Waals surface area contributed by atoms with Gasteiger partial charge in [0.2, 0.25) is 0 Å². The summed E-state index contributed by atoms with van der Waals surface area (Å²) in [6.45, 7) is 3.40. The number of hydrogen-bond donors (Lipinski definition) is 2. The van der Waals surface area contributed by atoms with E-state index in [1.807, 2.05) is 61.5 Å². The van der Waals surface area contributed by atoms with Crippen LogP contribution in [0.25, 0.3) is 0 Å². The second kappa shape index (κ2) is 11.7. The zero-order valence-electron chi connectivity index (χ0n) is 20.1. The molecule has 2 amide bonds. The molecule has 2 N–H and O–H groups in total. The highest BCUT2D eigenvalue weighted by Crippen LogP contribution is 2.30. The number of nitrogens with one attached hydrogen (secondary N) is 1. The lowest BCUT2D eigenvalue weighted by Gasteiger charge is -2.33. The lowest BCUT2D eigenvalue weighted by molar-refractivity contribution is -0.141. The Morgan fingerprint density at radius 1 is 1.06 bits per heavy atom. The maximum absolute atomic E-state index is 13.0.